The van der Waals surface area contributed by atoms with Crippen molar-refractivity contribution in [3.8, 4) is 0 Å². The minimum Gasteiger partial charge on any atom is -0.249 e. The molecule has 0 aliphatic carbocycles. The van der Waals surface area contributed by atoms with Crippen molar-refractivity contribution in [2.75, 3.05) is 0 Å². The molecule has 0 saturated carbocycles. The second-order valence-corrected chi connectivity index (χ2v) is 5.38. The Morgan fingerprint density at radius 2 is 1.77 bits per heavy atom. The van der Waals surface area contributed by atoms with Gasteiger partial charge in [-0.15, -0.1) is 0 Å². The molecule has 13 heavy (non-hydrogen) atoms. The lowest BCUT2D eigenvalue weighted by molar-refractivity contribution is 0.907. The SMILES string of the molecule is Cc1nc(I)n2c(I)c(I)nc2n1. The van der Waals surface area contributed by atoms with Crippen LogP contribution in [-0.2, 0) is 0 Å². The van der Waals surface area contributed by atoms with Gasteiger partial charge in [-0.2, -0.15) is 4.98 Å². The molecule has 2 rings (SSSR count). The van der Waals surface area contributed by atoms with E-state index in [1.807, 2.05) is 11.3 Å². The molecule has 0 N–H and O–H groups in total. The van der Waals surface area contributed by atoms with E-state index in [9.17, 15) is 0 Å². The van der Waals surface area contributed by atoms with Gasteiger partial charge < -0.3 is 0 Å². The summed E-state index contributed by atoms with van der Waals surface area (Å²) < 4.78 is 4.88. The van der Waals surface area contributed by atoms with E-state index in [1.54, 1.807) is 0 Å². The Morgan fingerprint density at radius 1 is 1.08 bits per heavy atom. The largest absolute Gasteiger partial charge is 0.249 e. The van der Waals surface area contributed by atoms with Crippen LogP contribution >= 0.6 is 67.8 Å². The Kier molecular flexibility index (Phi) is 2.93. The maximum atomic E-state index is 4.32. The minimum atomic E-state index is 0.728. The third kappa shape index (κ3) is 1.78. The second-order valence-electron chi connectivity index (χ2n) is 2.37. The van der Waals surface area contributed by atoms with Gasteiger partial charge in [0.1, 0.15) is 13.2 Å². The first kappa shape index (κ1) is 10.3. The standard InChI is InChI=1S/C6H3I3N4/c1-2-10-5(9)13-4(8)3(7)12-6(13)11-2/h1H3. The van der Waals surface area contributed by atoms with Crippen LogP contribution in [0.1, 0.15) is 5.82 Å². The highest BCUT2D eigenvalue weighted by atomic mass is 127. The summed E-state index contributed by atoms with van der Waals surface area (Å²) in [5.74, 6) is 1.49. The maximum Gasteiger partial charge on any atom is 0.239 e. The molecule has 0 fully saturated rings. The molecule has 0 aliphatic heterocycles. The van der Waals surface area contributed by atoms with Crippen LogP contribution in [0, 0.1) is 18.2 Å². The first-order valence-corrected chi connectivity index (χ1v) is 6.57. The van der Waals surface area contributed by atoms with Crippen molar-refractivity contribution >= 4 is 73.6 Å². The van der Waals surface area contributed by atoms with Crippen molar-refractivity contribution < 1.29 is 0 Å². The molecule has 0 aromatic carbocycles. The first-order chi connectivity index (χ1) is 6.09. The quantitative estimate of drug-likeness (QED) is 0.510. The van der Waals surface area contributed by atoms with Crippen molar-refractivity contribution in [3.63, 3.8) is 0 Å². The highest BCUT2D eigenvalue weighted by Gasteiger charge is 2.11. The molecule has 4 nitrogen and oxygen atoms in total. The lowest BCUT2D eigenvalue weighted by Gasteiger charge is -1.98. The monoisotopic (exact) mass is 512 g/mol. The molecule has 0 atom stereocenters. The fourth-order valence-corrected chi connectivity index (χ4v) is 3.25. The summed E-state index contributed by atoms with van der Waals surface area (Å²) >= 11 is 6.63. The summed E-state index contributed by atoms with van der Waals surface area (Å²) in [6.45, 7) is 1.87. The van der Waals surface area contributed by atoms with E-state index >= 15 is 0 Å². The Hall–Kier alpha value is 0.740. The third-order valence-electron chi connectivity index (χ3n) is 1.47. The van der Waals surface area contributed by atoms with E-state index < -0.39 is 0 Å². The van der Waals surface area contributed by atoms with E-state index in [1.165, 1.54) is 0 Å². The van der Waals surface area contributed by atoms with E-state index in [4.69, 9.17) is 0 Å². The summed E-state index contributed by atoms with van der Waals surface area (Å²) in [5, 5.41) is 0. The number of hydrogen-bond donors (Lipinski definition) is 0. The summed E-state index contributed by atoms with van der Waals surface area (Å²) in [4.78, 5) is 12.8. The molecule has 0 spiro atoms. The van der Waals surface area contributed by atoms with Gasteiger partial charge in [-0.1, -0.05) is 0 Å². The van der Waals surface area contributed by atoms with Gasteiger partial charge in [-0.3, -0.25) is 0 Å². The fraction of sp³-hybridized carbons (Fsp3) is 0.167. The normalized spacial score (nSPS) is 11.1. The van der Waals surface area contributed by atoms with Crippen LogP contribution in [0.25, 0.3) is 5.78 Å². The number of fused-ring (bicyclic) bond motifs is 1. The van der Waals surface area contributed by atoms with E-state index in [0.29, 0.717) is 0 Å². The number of aromatic nitrogens is 4. The molecule has 0 saturated heterocycles. The molecule has 0 amide bonds. The second kappa shape index (κ2) is 3.72. The van der Waals surface area contributed by atoms with Gasteiger partial charge in [0.2, 0.25) is 5.78 Å². The Balaban J connectivity index is 2.94. The van der Waals surface area contributed by atoms with Crippen LogP contribution in [0.15, 0.2) is 0 Å². The van der Waals surface area contributed by atoms with Crippen LogP contribution in [0.2, 0.25) is 0 Å². The first-order valence-electron chi connectivity index (χ1n) is 3.33. The van der Waals surface area contributed by atoms with Crippen LogP contribution in [-0.4, -0.2) is 19.4 Å². The van der Waals surface area contributed by atoms with Gasteiger partial charge in [0.25, 0.3) is 0 Å². The number of aryl methyl sites for hydroxylation is 1. The predicted molar refractivity (Wildman–Crippen MR) is 73.7 cm³/mol. The van der Waals surface area contributed by atoms with Crippen molar-refractivity contribution in [2.24, 2.45) is 0 Å². The summed E-state index contributed by atoms with van der Waals surface area (Å²) in [6.07, 6.45) is 0. The average Bonchev–Trinajstić information content (AvgIpc) is 2.27. The summed E-state index contributed by atoms with van der Waals surface area (Å²) in [7, 11) is 0. The lowest BCUT2D eigenvalue weighted by Crippen LogP contribution is -2.02. The van der Waals surface area contributed by atoms with E-state index in [2.05, 4.69) is 82.7 Å². The number of rotatable bonds is 0. The molecular weight excluding hydrogens is 509 g/mol. The fourth-order valence-electron chi connectivity index (χ4n) is 0.956. The van der Waals surface area contributed by atoms with Crippen molar-refractivity contribution in [3.05, 3.63) is 17.1 Å². The zero-order chi connectivity index (χ0) is 9.59. The average molecular weight is 512 g/mol. The molecule has 2 heterocycles. The zero-order valence-corrected chi connectivity index (χ0v) is 12.9. The lowest BCUT2D eigenvalue weighted by atomic mass is 10.7. The van der Waals surface area contributed by atoms with Crippen LogP contribution in [0.4, 0.5) is 0 Å². The number of nitrogens with zero attached hydrogens (tertiary/aromatic N) is 4. The molecule has 7 heteroatoms. The number of hydrogen-bond acceptors (Lipinski definition) is 3. The Morgan fingerprint density at radius 3 is 2.46 bits per heavy atom. The van der Waals surface area contributed by atoms with Gasteiger partial charge in [-0.05, 0) is 52.1 Å². The highest BCUT2D eigenvalue weighted by Crippen LogP contribution is 2.17. The molecule has 2 aromatic rings. The minimum absolute atomic E-state index is 0.728. The van der Waals surface area contributed by atoms with Gasteiger partial charge >= 0.3 is 0 Å². The highest BCUT2D eigenvalue weighted by molar-refractivity contribution is 14.1. The topological polar surface area (TPSA) is 43.1 Å². The van der Waals surface area contributed by atoms with Gasteiger partial charge in [-0.25, -0.2) is 14.4 Å². The molecule has 0 aliphatic rings. The Labute approximate surface area is 115 Å². The predicted octanol–water partition coefficient (Wildman–Crippen LogP) is 2.25. The maximum absolute atomic E-state index is 4.32. The van der Waals surface area contributed by atoms with Gasteiger partial charge in [0.05, 0.1) is 0 Å². The van der Waals surface area contributed by atoms with Crippen molar-refractivity contribution in [2.45, 2.75) is 6.92 Å². The van der Waals surface area contributed by atoms with Gasteiger partial charge in [0, 0.05) is 22.6 Å². The number of imidazole rings is 1. The van der Waals surface area contributed by atoms with E-state index in [-0.39, 0.29) is 0 Å². The van der Waals surface area contributed by atoms with Crippen molar-refractivity contribution in [1.29, 1.82) is 0 Å². The van der Waals surface area contributed by atoms with E-state index in [0.717, 1.165) is 22.8 Å². The van der Waals surface area contributed by atoms with Gasteiger partial charge in [0.15, 0.2) is 3.83 Å². The van der Waals surface area contributed by atoms with Crippen LogP contribution in [0.3, 0.4) is 0 Å². The molecule has 0 bridgehead atoms. The summed E-state index contributed by atoms with van der Waals surface area (Å²) in [5.41, 5.74) is 0. The van der Waals surface area contributed by atoms with Crippen LogP contribution < -0.4 is 0 Å². The molecule has 2 aromatic heterocycles. The number of halogens is 3. The van der Waals surface area contributed by atoms with Crippen LogP contribution in [0.5, 0.6) is 0 Å². The molecule has 0 unspecified atom stereocenters. The molecule has 0 radical (unpaired) electrons. The third-order valence-corrected chi connectivity index (χ3v) is 4.97. The smallest absolute Gasteiger partial charge is 0.239 e. The molecular formula is C6H3I3N4. The van der Waals surface area contributed by atoms with Crippen molar-refractivity contribution in [1.82, 2.24) is 19.4 Å². The Bertz CT molecular complexity index is 478. The molecule has 68 valence electrons. The summed E-state index contributed by atoms with van der Waals surface area (Å²) in [6, 6.07) is 0. The zero-order valence-electron chi connectivity index (χ0n) is 6.42.